The summed E-state index contributed by atoms with van der Waals surface area (Å²) in [4.78, 5) is 18.2. The maximum absolute atomic E-state index is 13.8. The molecule has 3 aromatic rings. The van der Waals surface area contributed by atoms with Crippen molar-refractivity contribution >= 4 is 11.6 Å². The Morgan fingerprint density at radius 2 is 1.89 bits per heavy atom. The highest BCUT2D eigenvalue weighted by Crippen LogP contribution is 2.23. The first-order valence-electron chi connectivity index (χ1n) is 8.86. The SMILES string of the molecule is CN(CCNC(=O)CCc1ncc(-c2ccccc2F)o1)c1ccccc1. The Kier molecular flexibility index (Phi) is 6.20. The van der Waals surface area contributed by atoms with Crippen molar-refractivity contribution in [3.63, 3.8) is 0 Å². The van der Waals surface area contributed by atoms with Crippen LogP contribution in [0.4, 0.5) is 10.1 Å². The fourth-order valence-electron chi connectivity index (χ4n) is 2.69. The van der Waals surface area contributed by atoms with Gasteiger partial charge in [0, 0.05) is 38.7 Å². The number of rotatable bonds is 8. The molecule has 0 aliphatic rings. The number of hydrogen-bond donors (Lipinski definition) is 1. The third kappa shape index (κ3) is 5.17. The minimum atomic E-state index is -0.361. The van der Waals surface area contributed by atoms with Gasteiger partial charge in [0.25, 0.3) is 0 Å². The second-order valence-corrected chi connectivity index (χ2v) is 6.21. The van der Waals surface area contributed by atoms with E-state index in [1.165, 1.54) is 12.3 Å². The van der Waals surface area contributed by atoms with E-state index < -0.39 is 0 Å². The van der Waals surface area contributed by atoms with E-state index in [2.05, 4.69) is 15.2 Å². The number of aryl methyl sites for hydroxylation is 1. The monoisotopic (exact) mass is 367 g/mol. The third-order valence-electron chi connectivity index (χ3n) is 4.23. The van der Waals surface area contributed by atoms with Gasteiger partial charge in [0.05, 0.1) is 11.8 Å². The van der Waals surface area contributed by atoms with Crippen LogP contribution in [0.5, 0.6) is 0 Å². The molecule has 5 nitrogen and oxygen atoms in total. The van der Waals surface area contributed by atoms with Gasteiger partial charge in [-0.1, -0.05) is 30.3 Å². The quantitative estimate of drug-likeness (QED) is 0.660. The smallest absolute Gasteiger partial charge is 0.220 e. The molecule has 0 saturated carbocycles. The number of oxazole rings is 1. The highest BCUT2D eigenvalue weighted by Gasteiger charge is 2.11. The van der Waals surface area contributed by atoms with E-state index >= 15 is 0 Å². The van der Waals surface area contributed by atoms with Gasteiger partial charge >= 0.3 is 0 Å². The Bertz CT molecular complexity index is 880. The lowest BCUT2D eigenvalue weighted by molar-refractivity contribution is -0.121. The van der Waals surface area contributed by atoms with E-state index in [0.29, 0.717) is 36.7 Å². The molecule has 1 N–H and O–H groups in total. The summed E-state index contributed by atoms with van der Waals surface area (Å²) in [5.41, 5.74) is 1.47. The summed E-state index contributed by atoms with van der Waals surface area (Å²) in [5, 5.41) is 2.89. The molecule has 0 atom stereocenters. The molecule has 0 spiro atoms. The van der Waals surface area contributed by atoms with Crippen molar-refractivity contribution < 1.29 is 13.6 Å². The predicted molar refractivity (Wildman–Crippen MR) is 103 cm³/mol. The van der Waals surface area contributed by atoms with Gasteiger partial charge in [0.15, 0.2) is 11.7 Å². The van der Waals surface area contributed by atoms with Crippen molar-refractivity contribution in [2.45, 2.75) is 12.8 Å². The lowest BCUT2D eigenvalue weighted by Crippen LogP contribution is -2.33. The number of nitrogens with one attached hydrogen (secondary N) is 1. The number of para-hydroxylation sites is 1. The molecule has 1 amide bonds. The van der Waals surface area contributed by atoms with Crippen LogP contribution in [0.2, 0.25) is 0 Å². The molecule has 1 aromatic heterocycles. The summed E-state index contributed by atoms with van der Waals surface area (Å²) >= 11 is 0. The third-order valence-corrected chi connectivity index (χ3v) is 4.23. The van der Waals surface area contributed by atoms with Crippen LogP contribution in [0.3, 0.4) is 0 Å². The Morgan fingerprint density at radius 3 is 2.67 bits per heavy atom. The van der Waals surface area contributed by atoms with Gasteiger partial charge in [0.2, 0.25) is 5.91 Å². The van der Waals surface area contributed by atoms with Gasteiger partial charge in [-0.25, -0.2) is 9.37 Å². The zero-order valence-corrected chi connectivity index (χ0v) is 15.2. The first kappa shape index (κ1) is 18.6. The van der Waals surface area contributed by atoms with Crippen LogP contribution in [0, 0.1) is 5.82 Å². The number of benzene rings is 2. The average molecular weight is 367 g/mol. The van der Waals surface area contributed by atoms with Gasteiger partial charge in [-0.3, -0.25) is 4.79 Å². The van der Waals surface area contributed by atoms with Crippen LogP contribution in [-0.2, 0) is 11.2 Å². The molecular formula is C21H22FN3O2. The number of nitrogens with zero attached hydrogens (tertiary/aromatic N) is 2. The fourth-order valence-corrected chi connectivity index (χ4v) is 2.69. The lowest BCUT2D eigenvalue weighted by atomic mass is 10.2. The molecule has 0 unspecified atom stereocenters. The number of hydrogen-bond acceptors (Lipinski definition) is 4. The Hall–Kier alpha value is -3.15. The van der Waals surface area contributed by atoms with Crippen LogP contribution in [0.1, 0.15) is 12.3 Å². The van der Waals surface area contributed by atoms with Crippen molar-refractivity contribution in [3.05, 3.63) is 72.5 Å². The maximum atomic E-state index is 13.8. The summed E-state index contributed by atoms with van der Waals surface area (Å²) in [6.07, 6.45) is 2.13. The number of carbonyl (C=O) groups is 1. The summed E-state index contributed by atoms with van der Waals surface area (Å²) in [5.74, 6) is 0.361. The van der Waals surface area contributed by atoms with Gasteiger partial charge in [-0.2, -0.15) is 0 Å². The van der Waals surface area contributed by atoms with Crippen molar-refractivity contribution in [2.75, 3.05) is 25.0 Å². The van der Waals surface area contributed by atoms with Crippen molar-refractivity contribution in [1.82, 2.24) is 10.3 Å². The largest absolute Gasteiger partial charge is 0.441 e. The molecule has 1 heterocycles. The van der Waals surface area contributed by atoms with E-state index in [1.54, 1.807) is 18.2 Å². The number of amides is 1. The number of anilines is 1. The van der Waals surface area contributed by atoms with Gasteiger partial charge in [-0.15, -0.1) is 0 Å². The molecule has 0 fully saturated rings. The van der Waals surface area contributed by atoms with Crippen LogP contribution < -0.4 is 10.2 Å². The van der Waals surface area contributed by atoms with Crippen molar-refractivity contribution in [3.8, 4) is 11.3 Å². The first-order valence-corrected chi connectivity index (χ1v) is 8.86. The molecular weight excluding hydrogens is 345 g/mol. The van der Waals surface area contributed by atoms with Crippen LogP contribution in [-0.4, -0.2) is 31.0 Å². The molecule has 2 aromatic carbocycles. The second kappa shape index (κ2) is 8.98. The van der Waals surface area contributed by atoms with Crippen LogP contribution in [0.25, 0.3) is 11.3 Å². The summed E-state index contributed by atoms with van der Waals surface area (Å²) in [7, 11) is 1.98. The zero-order valence-electron chi connectivity index (χ0n) is 15.2. The second-order valence-electron chi connectivity index (χ2n) is 6.21. The standard InChI is InChI=1S/C21H22FN3O2/c1-25(16-7-3-2-4-8-16)14-13-23-20(26)11-12-21-24-15-19(27-21)17-9-5-6-10-18(17)22/h2-10,15H,11-14H2,1H3,(H,23,26). The van der Waals surface area contributed by atoms with E-state index in [0.717, 1.165) is 5.69 Å². The van der Waals surface area contributed by atoms with Gasteiger partial charge in [-0.05, 0) is 24.3 Å². The first-order chi connectivity index (χ1) is 13.1. The summed E-state index contributed by atoms with van der Waals surface area (Å²) < 4.78 is 19.3. The molecule has 140 valence electrons. The van der Waals surface area contributed by atoms with E-state index in [4.69, 9.17) is 4.42 Å². The van der Waals surface area contributed by atoms with Crippen molar-refractivity contribution in [2.24, 2.45) is 0 Å². The van der Waals surface area contributed by atoms with E-state index in [9.17, 15) is 9.18 Å². The number of likely N-dealkylation sites (N-methyl/N-ethyl adjacent to an activating group) is 1. The minimum absolute atomic E-state index is 0.0675. The van der Waals surface area contributed by atoms with Crippen molar-refractivity contribution in [1.29, 1.82) is 0 Å². The van der Waals surface area contributed by atoms with Crippen LogP contribution in [0.15, 0.2) is 65.2 Å². The normalized spacial score (nSPS) is 10.6. The molecule has 0 aliphatic carbocycles. The molecule has 0 radical (unpaired) electrons. The molecule has 0 aliphatic heterocycles. The zero-order chi connectivity index (χ0) is 19.1. The Balaban J connectivity index is 1.43. The summed E-state index contributed by atoms with van der Waals surface area (Å²) in [6, 6.07) is 16.4. The average Bonchev–Trinajstić information content (AvgIpc) is 3.16. The molecule has 0 bridgehead atoms. The van der Waals surface area contributed by atoms with E-state index in [1.807, 2.05) is 37.4 Å². The number of carbonyl (C=O) groups excluding carboxylic acids is 1. The maximum Gasteiger partial charge on any atom is 0.220 e. The topological polar surface area (TPSA) is 58.4 Å². The minimum Gasteiger partial charge on any atom is -0.441 e. The highest BCUT2D eigenvalue weighted by molar-refractivity contribution is 5.76. The number of halogens is 1. The van der Waals surface area contributed by atoms with E-state index in [-0.39, 0.29) is 18.1 Å². The Morgan fingerprint density at radius 1 is 1.15 bits per heavy atom. The van der Waals surface area contributed by atoms with Crippen LogP contribution >= 0.6 is 0 Å². The Labute approximate surface area is 157 Å². The molecule has 27 heavy (non-hydrogen) atoms. The molecule has 6 heteroatoms. The molecule has 0 saturated heterocycles. The van der Waals surface area contributed by atoms with Gasteiger partial charge in [0.1, 0.15) is 5.82 Å². The van der Waals surface area contributed by atoms with Gasteiger partial charge < -0.3 is 14.6 Å². The molecule has 3 rings (SSSR count). The fraction of sp³-hybridized carbons (Fsp3) is 0.238. The predicted octanol–water partition coefficient (Wildman–Crippen LogP) is 3.67. The highest BCUT2D eigenvalue weighted by atomic mass is 19.1. The lowest BCUT2D eigenvalue weighted by Gasteiger charge is -2.19. The number of aromatic nitrogens is 1. The summed E-state index contributed by atoms with van der Waals surface area (Å²) in [6.45, 7) is 1.27.